The molecule has 5 heteroatoms. The molecule has 0 N–H and O–H groups in total. The molecule has 1 unspecified atom stereocenters. The predicted octanol–water partition coefficient (Wildman–Crippen LogP) is 4.40. The first-order valence-electron chi connectivity index (χ1n) is 11.4. The first-order chi connectivity index (χ1) is 14.0. The number of alkyl halides is 1. The summed E-state index contributed by atoms with van der Waals surface area (Å²) in [6.45, 7) is 5.96. The molecule has 1 aliphatic carbocycles. The summed E-state index contributed by atoms with van der Waals surface area (Å²) in [6, 6.07) is 5.05. The molecule has 0 amide bonds. The Balaban J connectivity index is 1.53. The van der Waals surface area contributed by atoms with Crippen molar-refractivity contribution in [2.75, 3.05) is 47.1 Å². The Bertz CT molecular complexity index is 708. The van der Waals surface area contributed by atoms with Gasteiger partial charge in [-0.2, -0.15) is 0 Å². The number of nitrogens with zero attached hydrogens (tertiary/aromatic N) is 2. The van der Waals surface area contributed by atoms with Gasteiger partial charge in [-0.05, 0) is 68.8 Å². The molecule has 1 aromatic rings. The average Bonchev–Trinajstić information content (AvgIpc) is 2.67. The zero-order valence-electron chi connectivity index (χ0n) is 18.4. The van der Waals surface area contributed by atoms with Crippen LogP contribution in [0.1, 0.15) is 56.6 Å². The molecule has 4 rings (SSSR count). The second-order valence-electron chi connectivity index (χ2n) is 9.48. The van der Waals surface area contributed by atoms with E-state index in [-0.39, 0.29) is 12.2 Å². The summed E-state index contributed by atoms with van der Waals surface area (Å²) in [5.74, 6) is 2.54. The molecule has 1 saturated heterocycles. The van der Waals surface area contributed by atoms with Gasteiger partial charge in [-0.1, -0.05) is 19.3 Å². The van der Waals surface area contributed by atoms with E-state index >= 15 is 0 Å². The number of halogens is 1. The van der Waals surface area contributed by atoms with Crippen LogP contribution in [0.5, 0.6) is 11.5 Å². The van der Waals surface area contributed by atoms with Crippen LogP contribution in [0.15, 0.2) is 12.1 Å². The summed E-state index contributed by atoms with van der Waals surface area (Å²) in [7, 11) is 4.01. The van der Waals surface area contributed by atoms with Gasteiger partial charge in [0.15, 0.2) is 11.5 Å². The van der Waals surface area contributed by atoms with Crippen molar-refractivity contribution in [2.24, 2.45) is 5.92 Å². The Morgan fingerprint density at radius 2 is 2.03 bits per heavy atom. The number of ether oxygens (including phenoxy) is 2. The highest BCUT2D eigenvalue weighted by Gasteiger charge is 2.45. The minimum atomic E-state index is -0.284. The molecule has 0 radical (unpaired) electrons. The third-order valence-corrected chi connectivity index (χ3v) is 7.55. The number of rotatable bonds is 8. The van der Waals surface area contributed by atoms with Crippen molar-refractivity contribution in [1.82, 2.24) is 9.80 Å². The van der Waals surface area contributed by atoms with E-state index in [2.05, 4.69) is 35.9 Å². The highest BCUT2D eigenvalue weighted by Crippen LogP contribution is 2.44. The number of likely N-dealkylation sites (N-methyl/N-ethyl adjacent to an activating group) is 1. The molecule has 162 valence electrons. The van der Waals surface area contributed by atoms with Crippen molar-refractivity contribution in [3.05, 3.63) is 23.3 Å². The molecule has 29 heavy (non-hydrogen) atoms. The minimum Gasteiger partial charge on any atom is -0.493 e. The number of hydrogen-bond acceptors (Lipinski definition) is 4. The molecule has 2 aliphatic heterocycles. The summed E-state index contributed by atoms with van der Waals surface area (Å²) < 4.78 is 24.0. The summed E-state index contributed by atoms with van der Waals surface area (Å²) in [5, 5.41) is 0. The van der Waals surface area contributed by atoms with E-state index < -0.39 is 0 Å². The van der Waals surface area contributed by atoms with Crippen molar-refractivity contribution >= 4 is 0 Å². The van der Waals surface area contributed by atoms with Crippen LogP contribution in [0.3, 0.4) is 0 Å². The van der Waals surface area contributed by atoms with Gasteiger partial charge in [0.25, 0.3) is 0 Å². The normalized spacial score (nSPS) is 27.8. The predicted molar refractivity (Wildman–Crippen MR) is 115 cm³/mol. The highest BCUT2D eigenvalue weighted by molar-refractivity contribution is 5.51. The third kappa shape index (κ3) is 4.13. The van der Waals surface area contributed by atoms with E-state index in [9.17, 15) is 4.39 Å². The van der Waals surface area contributed by atoms with E-state index in [4.69, 9.17) is 9.47 Å². The number of benzene rings is 1. The SMILES string of the molecule is COc1cc2c(cc1OCCCCF)CCN1C[C@@H](CC3CCC3)N(C)CC21C. The van der Waals surface area contributed by atoms with E-state index in [1.54, 1.807) is 7.11 Å². The van der Waals surface area contributed by atoms with Gasteiger partial charge in [-0.15, -0.1) is 0 Å². The van der Waals surface area contributed by atoms with Crippen LogP contribution in [-0.2, 0) is 12.0 Å². The van der Waals surface area contributed by atoms with Crippen LogP contribution in [0.4, 0.5) is 4.39 Å². The number of fused-ring (bicyclic) bond motifs is 3. The van der Waals surface area contributed by atoms with Gasteiger partial charge in [0.05, 0.1) is 25.9 Å². The van der Waals surface area contributed by atoms with Crippen molar-refractivity contribution in [2.45, 2.75) is 63.5 Å². The highest BCUT2D eigenvalue weighted by atomic mass is 19.1. The van der Waals surface area contributed by atoms with Crippen LogP contribution in [0, 0.1) is 5.92 Å². The lowest BCUT2D eigenvalue weighted by molar-refractivity contribution is -0.0347. The fourth-order valence-electron chi connectivity index (χ4n) is 5.49. The van der Waals surface area contributed by atoms with Crippen LogP contribution in [-0.4, -0.2) is 62.9 Å². The minimum absolute atomic E-state index is 0.0124. The quantitative estimate of drug-likeness (QED) is 0.600. The fourth-order valence-corrected chi connectivity index (χ4v) is 5.49. The van der Waals surface area contributed by atoms with E-state index in [0.29, 0.717) is 19.1 Å². The second kappa shape index (κ2) is 8.81. The molecule has 2 atom stereocenters. The van der Waals surface area contributed by atoms with E-state index in [0.717, 1.165) is 49.9 Å². The summed E-state index contributed by atoms with van der Waals surface area (Å²) in [4.78, 5) is 5.30. The van der Waals surface area contributed by atoms with Crippen LogP contribution >= 0.6 is 0 Å². The van der Waals surface area contributed by atoms with Gasteiger partial charge in [0.1, 0.15) is 0 Å². The molecular formula is C24H37FN2O2. The Kier molecular flexibility index (Phi) is 6.35. The number of piperazine rings is 1. The maximum absolute atomic E-state index is 12.4. The molecule has 1 saturated carbocycles. The molecule has 0 bridgehead atoms. The lowest BCUT2D eigenvalue weighted by Crippen LogP contribution is -2.64. The zero-order chi connectivity index (χ0) is 20.4. The van der Waals surface area contributed by atoms with Gasteiger partial charge in [0, 0.05) is 25.7 Å². The first-order valence-corrected chi connectivity index (χ1v) is 11.4. The number of hydrogen-bond donors (Lipinski definition) is 0. The number of methoxy groups -OCH3 is 1. The lowest BCUT2D eigenvalue weighted by Gasteiger charge is -2.55. The average molecular weight is 405 g/mol. The maximum Gasteiger partial charge on any atom is 0.161 e. The van der Waals surface area contributed by atoms with Crippen LogP contribution in [0.2, 0.25) is 0 Å². The fraction of sp³-hybridized carbons (Fsp3) is 0.750. The van der Waals surface area contributed by atoms with Crippen LogP contribution < -0.4 is 9.47 Å². The molecule has 0 spiro atoms. The molecule has 4 nitrogen and oxygen atoms in total. The van der Waals surface area contributed by atoms with Crippen LogP contribution in [0.25, 0.3) is 0 Å². The topological polar surface area (TPSA) is 24.9 Å². The third-order valence-electron chi connectivity index (χ3n) is 7.55. The lowest BCUT2D eigenvalue weighted by atomic mass is 9.76. The van der Waals surface area contributed by atoms with Crippen molar-refractivity contribution in [3.8, 4) is 11.5 Å². The van der Waals surface area contributed by atoms with Crippen molar-refractivity contribution in [3.63, 3.8) is 0 Å². The van der Waals surface area contributed by atoms with Gasteiger partial charge < -0.3 is 9.47 Å². The van der Waals surface area contributed by atoms with Gasteiger partial charge in [0.2, 0.25) is 0 Å². The second-order valence-corrected chi connectivity index (χ2v) is 9.48. The monoisotopic (exact) mass is 404 g/mol. The largest absolute Gasteiger partial charge is 0.493 e. The molecule has 2 fully saturated rings. The zero-order valence-corrected chi connectivity index (χ0v) is 18.4. The first kappa shape index (κ1) is 20.9. The Labute approximate surface area is 175 Å². The van der Waals surface area contributed by atoms with E-state index in [1.807, 2.05) is 0 Å². The molecule has 1 aromatic carbocycles. The van der Waals surface area contributed by atoms with Crippen molar-refractivity contribution in [1.29, 1.82) is 0 Å². The summed E-state index contributed by atoms with van der Waals surface area (Å²) >= 11 is 0. The standard InChI is InChI=1S/C24H37FN2O2/c1-24-17-26(2)20(13-18-7-6-8-18)16-27(24)11-9-19-14-23(29-12-5-4-10-25)22(28-3)15-21(19)24/h14-15,18,20H,4-13,16-17H2,1-3H3/t20-,24?/m1/s1. The molecular weight excluding hydrogens is 367 g/mol. The van der Waals surface area contributed by atoms with Gasteiger partial charge >= 0.3 is 0 Å². The smallest absolute Gasteiger partial charge is 0.161 e. The van der Waals surface area contributed by atoms with Crippen molar-refractivity contribution < 1.29 is 13.9 Å². The Morgan fingerprint density at radius 1 is 1.21 bits per heavy atom. The maximum atomic E-state index is 12.4. The Morgan fingerprint density at radius 3 is 2.72 bits per heavy atom. The molecule has 3 aliphatic rings. The molecule has 0 aromatic heterocycles. The number of unbranched alkanes of at least 4 members (excludes halogenated alkanes) is 1. The summed E-state index contributed by atoms with van der Waals surface area (Å²) in [5.41, 5.74) is 2.76. The molecule has 2 heterocycles. The van der Waals surface area contributed by atoms with Gasteiger partial charge in [-0.3, -0.25) is 14.2 Å². The summed E-state index contributed by atoms with van der Waals surface area (Å²) in [6.07, 6.45) is 7.96. The van der Waals surface area contributed by atoms with Gasteiger partial charge in [-0.25, -0.2) is 0 Å². The van der Waals surface area contributed by atoms with E-state index in [1.165, 1.54) is 36.8 Å². The Hall–Kier alpha value is -1.33.